The van der Waals surface area contributed by atoms with E-state index < -0.39 is 0 Å². The topological polar surface area (TPSA) is 61.4 Å². The Balaban J connectivity index is 1.85. The molecule has 2 rings (SSSR count). The normalized spacial score (nSPS) is 10.2. The Morgan fingerprint density at radius 2 is 1.81 bits per heavy atom. The first-order chi connectivity index (χ1) is 12.6. The minimum absolute atomic E-state index is 0.00773. The van der Waals surface area contributed by atoms with Crippen LogP contribution in [-0.4, -0.2) is 36.9 Å². The maximum absolute atomic E-state index is 12.3. The smallest absolute Gasteiger partial charge is 0.251 e. The van der Waals surface area contributed by atoms with Crippen LogP contribution >= 0.6 is 0 Å². The van der Waals surface area contributed by atoms with Crippen LogP contribution in [0.25, 0.3) is 0 Å². The van der Waals surface area contributed by atoms with Crippen molar-refractivity contribution in [3.05, 3.63) is 65.7 Å². The highest BCUT2D eigenvalue weighted by Gasteiger charge is 2.10. The second-order valence-electron chi connectivity index (χ2n) is 6.28. The molecule has 0 spiro atoms. The summed E-state index contributed by atoms with van der Waals surface area (Å²) in [6.45, 7) is 3.52. The largest absolute Gasteiger partial charge is 0.376 e. The Bertz CT molecular complexity index is 716. The van der Waals surface area contributed by atoms with Gasteiger partial charge < -0.3 is 15.5 Å². The van der Waals surface area contributed by atoms with E-state index >= 15 is 0 Å². The number of rotatable bonds is 9. The average Bonchev–Trinajstić information content (AvgIpc) is 2.67. The molecule has 5 heteroatoms. The predicted octanol–water partition coefficient (Wildman–Crippen LogP) is 3.29. The third-order valence-corrected chi connectivity index (χ3v) is 4.07. The molecule has 0 heterocycles. The molecule has 0 unspecified atom stereocenters. The summed E-state index contributed by atoms with van der Waals surface area (Å²) in [5.74, 6) is -0.0960. The number of carbonyl (C=O) groups excluding carboxylic acids is 2. The van der Waals surface area contributed by atoms with Crippen molar-refractivity contribution in [1.29, 1.82) is 0 Å². The van der Waals surface area contributed by atoms with Gasteiger partial charge in [0.25, 0.3) is 5.91 Å². The second kappa shape index (κ2) is 10.2. The van der Waals surface area contributed by atoms with Gasteiger partial charge in [0, 0.05) is 31.4 Å². The molecule has 0 aliphatic rings. The van der Waals surface area contributed by atoms with Crippen molar-refractivity contribution >= 4 is 17.5 Å². The first-order valence-electron chi connectivity index (χ1n) is 9.00. The van der Waals surface area contributed by atoms with Gasteiger partial charge >= 0.3 is 0 Å². The van der Waals surface area contributed by atoms with Crippen LogP contribution < -0.4 is 10.6 Å². The van der Waals surface area contributed by atoms with Gasteiger partial charge in [0.05, 0.1) is 6.54 Å². The fourth-order valence-corrected chi connectivity index (χ4v) is 2.51. The Labute approximate surface area is 155 Å². The summed E-state index contributed by atoms with van der Waals surface area (Å²) >= 11 is 0. The average molecular weight is 353 g/mol. The maximum atomic E-state index is 12.3. The lowest BCUT2D eigenvalue weighted by atomic mass is 10.2. The maximum Gasteiger partial charge on any atom is 0.251 e. The summed E-state index contributed by atoms with van der Waals surface area (Å²) in [5.41, 5.74) is 2.44. The van der Waals surface area contributed by atoms with E-state index in [0.717, 1.165) is 24.1 Å². The zero-order chi connectivity index (χ0) is 18.8. The van der Waals surface area contributed by atoms with Crippen molar-refractivity contribution in [2.75, 3.05) is 25.5 Å². The summed E-state index contributed by atoms with van der Waals surface area (Å²) < 4.78 is 0. The second-order valence-corrected chi connectivity index (χ2v) is 6.28. The van der Waals surface area contributed by atoms with Crippen molar-refractivity contribution in [2.24, 2.45) is 0 Å². The van der Waals surface area contributed by atoms with Gasteiger partial charge in [0.2, 0.25) is 5.91 Å². The minimum atomic E-state index is -0.0883. The number of hydrogen-bond donors (Lipinski definition) is 2. The fourth-order valence-electron chi connectivity index (χ4n) is 2.51. The highest BCUT2D eigenvalue weighted by atomic mass is 16.2. The molecule has 0 atom stereocenters. The summed E-state index contributed by atoms with van der Waals surface area (Å²) in [4.78, 5) is 26.1. The molecule has 0 aromatic heterocycles. The van der Waals surface area contributed by atoms with Crippen molar-refractivity contribution in [1.82, 2.24) is 10.2 Å². The molecule has 26 heavy (non-hydrogen) atoms. The van der Waals surface area contributed by atoms with Gasteiger partial charge in [-0.2, -0.15) is 0 Å². The van der Waals surface area contributed by atoms with Gasteiger partial charge in [-0.05, 0) is 30.2 Å². The van der Waals surface area contributed by atoms with Crippen LogP contribution in [0.1, 0.15) is 35.7 Å². The molecule has 2 aromatic carbocycles. The third-order valence-electron chi connectivity index (χ3n) is 4.07. The molecule has 0 radical (unpaired) electrons. The summed E-state index contributed by atoms with van der Waals surface area (Å²) in [7, 11) is 1.79. The number of nitrogens with one attached hydrogen (secondary N) is 2. The number of likely N-dealkylation sites (N-methyl/N-ethyl adjacent to an activating group) is 1. The number of benzene rings is 2. The van der Waals surface area contributed by atoms with Gasteiger partial charge in [-0.3, -0.25) is 9.59 Å². The molecule has 0 aliphatic heterocycles. The van der Waals surface area contributed by atoms with Crippen molar-refractivity contribution in [3.63, 3.8) is 0 Å². The molecule has 2 N–H and O–H groups in total. The Morgan fingerprint density at radius 1 is 1.04 bits per heavy atom. The lowest BCUT2D eigenvalue weighted by molar-refractivity contribution is -0.128. The SMILES string of the molecule is CCCCNC(=O)c1cccc(NCC(=O)N(C)Cc2ccccc2)c1. The number of anilines is 1. The third kappa shape index (κ3) is 6.24. The molecule has 2 amide bonds. The van der Waals surface area contributed by atoms with E-state index in [2.05, 4.69) is 17.6 Å². The standard InChI is InChI=1S/C21H27N3O2/c1-3-4-13-22-21(26)18-11-8-12-19(14-18)23-15-20(25)24(2)16-17-9-6-5-7-10-17/h5-12,14,23H,3-4,13,15-16H2,1-2H3,(H,22,26). The number of hydrogen-bond acceptors (Lipinski definition) is 3. The van der Waals surface area contributed by atoms with Crippen LogP contribution in [0, 0.1) is 0 Å². The van der Waals surface area contributed by atoms with E-state index in [-0.39, 0.29) is 18.4 Å². The summed E-state index contributed by atoms with van der Waals surface area (Å²) in [6.07, 6.45) is 2.01. The monoisotopic (exact) mass is 353 g/mol. The predicted molar refractivity (Wildman–Crippen MR) is 105 cm³/mol. The zero-order valence-corrected chi connectivity index (χ0v) is 15.5. The first kappa shape index (κ1) is 19.5. The Morgan fingerprint density at radius 3 is 2.54 bits per heavy atom. The van der Waals surface area contributed by atoms with Crippen molar-refractivity contribution < 1.29 is 9.59 Å². The zero-order valence-electron chi connectivity index (χ0n) is 15.5. The van der Waals surface area contributed by atoms with E-state index in [1.165, 1.54) is 0 Å². The highest BCUT2D eigenvalue weighted by molar-refractivity contribution is 5.95. The molecule has 0 fully saturated rings. The quantitative estimate of drug-likeness (QED) is 0.680. The highest BCUT2D eigenvalue weighted by Crippen LogP contribution is 2.11. The molecule has 5 nitrogen and oxygen atoms in total. The van der Waals surface area contributed by atoms with Gasteiger partial charge in [-0.1, -0.05) is 49.7 Å². The van der Waals surface area contributed by atoms with Crippen LogP contribution in [0.15, 0.2) is 54.6 Å². The number of unbranched alkanes of at least 4 members (excludes halogenated alkanes) is 1. The van der Waals surface area contributed by atoms with Crippen LogP contribution in [-0.2, 0) is 11.3 Å². The molecule has 0 bridgehead atoms. The van der Waals surface area contributed by atoms with E-state index in [9.17, 15) is 9.59 Å². The van der Waals surface area contributed by atoms with Crippen LogP contribution in [0.3, 0.4) is 0 Å². The first-order valence-corrected chi connectivity index (χ1v) is 9.00. The summed E-state index contributed by atoms with van der Waals surface area (Å²) in [5, 5.41) is 6.00. The Kier molecular flexibility index (Phi) is 7.68. The molecular formula is C21H27N3O2. The molecular weight excluding hydrogens is 326 g/mol. The number of amides is 2. The fraction of sp³-hybridized carbons (Fsp3) is 0.333. The van der Waals surface area contributed by atoms with E-state index in [0.29, 0.717) is 18.7 Å². The molecule has 2 aromatic rings. The molecule has 0 saturated carbocycles. The molecule has 138 valence electrons. The van der Waals surface area contributed by atoms with Gasteiger partial charge in [-0.25, -0.2) is 0 Å². The van der Waals surface area contributed by atoms with Gasteiger partial charge in [-0.15, -0.1) is 0 Å². The summed E-state index contributed by atoms with van der Waals surface area (Å²) in [6, 6.07) is 17.1. The van der Waals surface area contributed by atoms with Crippen LogP contribution in [0.5, 0.6) is 0 Å². The van der Waals surface area contributed by atoms with Crippen LogP contribution in [0.4, 0.5) is 5.69 Å². The van der Waals surface area contributed by atoms with Gasteiger partial charge in [0.15, 0.2) is 0 Å². The van der Waals surface area contributed by atoms with E-state index in [1.54, 1.807) is 24.1 Å². The number of nitrogens with zero attached hydrogens (tertiary/aromatic N) is 1. The Hall–Kier alpha value is -2.82. The molecule has 0 aliphatic carbocycles. The lowest BCUT2D eigenvalue weighted by Gasteiger charge is -2.18. The van der Waals surface area contributed by atoms with E-state index in [4.69, 9.17) is 0 Å². The minimum Gasteiger partial charge on any atom is -0.376 e. The van der Waals surface area contributed by atoms with Crippen molar-refractivity contribution in [2.45, 2.75) is 26.3 Å². The lowest BCUT2D eigenvalue weighted by Crippen LogP contribution is -2.31. The van der Waals surface area contributed by atoms with Gasteiger partial charge in [0.1, 0.15) is 0 Å². The van der Waals surface area contributed by atoms with Crippen molar-refractivity contribution in [3.8, 4) is 0 Å². The molecule has 0 saturated heterocycles. The van der Waals surface area contributed by atoms with E-state index in [1.807, 2.05) is 42.5 Å². The number of carbonyl (C=O) groups is 2. The van der Waals surface area contributed by atoms with Crippen LogP contribution in [0.2, 0.25) is 0 Å².